The molecule has 80 valence electrons. The fourth-order valence-corrected chi connectivity index (χ4v) is 1.45. The first-order valence-corrected chi connectivity index (χ1v) is 5.04. The molecule has 1 atom stereocenters. The van der Waals surface area contributed by atoms with E-state index in [2.05, 4.69) is 16.9 Å². The molecule has 5 nitrogen and oxygen atoms in total. The summed E-state index contributed by atoms with van der Waals surface area (Å²) in [6.45, 7) is 5.27. The molecule has 15 heavy (non-hydrogen) atoms. The van der Waals surface area contributed by atoms with Crippen molar-refractivity contribution in [3.63, 3.8) is 0 Å². The van der Waals surface area contributed by atoms with Gasteiger partial charge in [0.2, 0.25) is 5.01 Å². The van der Waals surface area contributed by atoms with Crippen molar-refractivity contribution in [3.05, 3.63) is 28.7 Å². The number of carbonyl (C=O) groups excluding carboxylic acids is 1. The highest BCUT2D eigenvalue weighted by molar-refractivity contribution is 7.11. The van der Waals surface area contributed by atoms with Crippen LogP contribution in [0, 0.1) is 0 Å². The maximum absolute atomic E-state index is 11.4. The molecule has 0 aliphatic heterocycles. The maximum Gasteiger partial charge on any atom is 0.365 e. The van der Waals surface area contributed by atoms with E-state index in [1.807, 2.05) is 0 Å². The number of hydrogen-bond acceptors (Lipinski definition) is 4. The Morgan fingerprint density at radius 2 is 2.40 bits per heavy atom. The lowest BCUT2D eigenvalue weighted by molar-refractivity contribution is 0.0696. The van der Waals surface area contributed by atoms with Gasteiger partial charge >= 0.3 is 5.97 Å². The average molecular weight is 226 g/mol. The lowest BCUT2D eigenvalue weighted by Crippen LogP contribution is -2.31. The molecule has 1 aromatic heterocycles. The van der Waals surface area contributed by atoms with Gasteiger partial charge in [-0.2, -0.15) is 0 Å². The van der Waals surface area contributed by atoms with E-state index in [4.69, 9.17) is 5.11 Å². The number of carboxylic acids is 1. The molecule has 1 unspecified atom stereocenters. The molecule has 0 fully saturated rings. The summed E-state index contributed by atoms with van der Waals surface area (Å²) >= 11 is 0.923. The third-order valence-electron chi connectivity index (χ3n) is 1.63. The van der Waals surface area contributed by atoms with Gasteiger partial charge in [-0.3, -0.25) is 4.79 Å². The van der Waals surface area contributed by atoms with Crippen molar-refractivity contribution in [2.75, 3.05) is 0 Å². The molecular weight excluding hydrogens is 216 g/mol. The number of aromatic nitrogens is 1. The second kappa shape index (κ2) is 4.70. The highest BCUT2D eigenvalue weighted by Gasteiger charge is 2.14. The van der Waals surface area contributed by atoms with Crippen LogP contribution in [0.3, 0.4) is 0 Å². The number of amides is 1. The summed E-state index contributed by atoms with van der Waals surface area (Å²) in [6, 6.07) is -0.174. The zero-order chi connectivity index (χ0) is 11.4. The Morgan fingerprint density at radius 3 is 2.87 bits per heavy atom. The molecule has 0 bridgehead atoms. The van der Waals surface area contributed by atoms with E-state index < -0.39 is 11.9 Å². The topological polar surface area (TPSA) is 79.3 Å². The third-order valence-corrected chi connectivity index (χ3v) is 2.46. The standard InChI is InChI=1S/C9H10N2O3S/c1-3-5(2)10-7(12)6-4-15-8(11-6)9(13)14/h3-5H,1H2,2H3,(H,10,12)(H,13,14). The molecule has 0 aromatic carbocycles. The normalized spacial score (nSPS) is 11.8. The molecule has 2 N–H and O–H groups in total. The number of nitrogens with one attached hydrogen (secondary N) is 1. The smallest absolute Gasteiger partial charge is 0.365 e. The summed E-state index contributed by atoms with van der Waals surface area (Å²) in [5.41, 5.74) is 0.117. The van der Waals surface area contributed by atoms with Crippen molar-refractivity contribution >= 4 is 23.2 Å². The third kappa shape index (κ3) is 2.88. The Bertz CT molecular complexity index is 400. The van der Waals surface area contributed by atoms with Gasteiger partial charge < -0.3 is 10.4 Å². The summed E-state index contributed by atoms with van der Waals surface area (Å²) in [7, 11) is 0. The molecule has 0 radical (unpaired) electrons. The Labute approximate surface area is 90.5 Å². The fraction of sp³-hybridized carbons (Fsp3) is 0.222. The summed E-state index contributed by atoms with van der Waals surface area (Å²) < 4.78 is 0. The molecule has 1 amide bonds. The Hall–Kier alpha value is -1.69. The minimum atomic E-state index is -1.13. The molecule has 0 saturated carbocycles. The number of nitrogens with zero attached hydrogens (tertiary/aromatic N) is 1. The number of carboxylic acid groups (broad SMARTS) is 1. The molecular formula is C9H10N2O3S. The van der Waals surface area contributed by atoms with E-state index in [0.29, 0.717) is 0 Å². The minimum Gasteiger partial charge on any atom is -0.476 e. The maximum atomic E-state index is 11.4. The highest BCUT2D eigenvalue weighted by Crippen LogP contribution is 2.09. The molecule has 0 saturated heterocycles. The molecule has 0 aliphatic rings. The summed E-state index contributed by atoms with van der Waals surface area (Å²) in [6.07, 6.45) is 1.57. The van der Waals surface area contributed by atoms with Gasteiger partial charge in [0.05, 0.1) is 0 Å². The number of hydrogen-bond donors (Lipinski definition) is 2. The van der Waals surface area contributed by atoms with E-state index in [1.165, 1.54) is 5.38 Å². The Balaban J connectivity index is 2.74. The van der Waals surface area contributed by atoms with Gasteiger partial charge in [0.1, 0.15) is 5.69 Å². The van der Waals surface area contributed by atoms with Gasteiger partial charge in [0, 0.05) is 11.4 Å². The fourth-order valence-electron chi connectivity index (χ4n) is 0.816. The van der Waals surface area contributed by atoms with Crippen LogP contribution in [0.2, 0.25) is 0 Å². The molecule has 6 heteroatoms. The van der Waals surface area contributed by atoms with Gasteiger partial charge in [-0.25, -0.2) is 9.78 Å². The largest absolute Gasteiger partial charge is 0.476 e. The van der Waals surface area contributed by atoms with Crippen molar-refractivity contribution in [1.29, 1.82) is 0 Å². The van der Waals surface area contributed by atoms with E-state index >= 15 is 0 Å². The van der Waals surface area contributed by atoms with Crippen molar-refractivity contribution in [2.24, 2.45) is 0 Å². The summed E-state index contributed by atoms with van der Waals surface area (Å²) in [5, 5.41) is 12.5. The van der Waals surface area contributed by atoms with E-state index in [1.54, 1.807) is 13.0 Å². The van der Waals surface area contributed by atoms with E-state index in [-0.39, 0.29) is 16.7 Å². The quantitative estimate of drug-likeness (QED) is 0.755. The van der Waals surface area contributed by atoms with Crippen LogP contribution in [0.15, 0.2) is 18.0 Å². The monoisotopic (exact) mass is 226 g/mol. The van der Waals surface area contributed by atoms with Crippen molar-refractivity contribution in [1.82, 2.24) is 10.3 Å². The van der Waals surface area contributed by atoms with Gasteiger partial charge in [0.15, 0.2) is 0 Å². The minimum absolute atomic E-state index is 0.0913. The first kappa shape index (κ1) is 11.4. The lowest BCUT2D eigenvalue weighted by atomic mass is 10.3. The van der Waals surface area contributed by atoms with Crippen LogP contribution in [-0.2, 0) is 0 Å². The molecule has 1 aromatic rings. The van der Waals surface area contributed by atoms with Crippen molar-refractivity contribution in [3.8, 4) is 0 Å². The predicted octanol–water partition coefficient (Wildman–Crippen LogP) is 1.15. The highest BCUT2D eigenvalue weighted by atomic mass is 32.1. The number of rotatable bonds is 4. The van der Waals surface area contributed by atoms with Crippen LogP contribution in [0.25, 0.3) is 0 Å². The van der Waals surface area contributed by atoms with Crippen LogP contribution in [-0.4, -0.2) is 28.0 Å². The van der Waals surface area contributed by atoms with Crippen LogP contribution < -0.4 is 5.32 Å². The zero-order valence-electron chi connectivity index (χ0n) is 8.06. The zero-order valence-corrected chi connectivity index (χ0v) is 8.87. The van der Waals surface area contributed by atoms with E-state index in [0.717, 1.165) is 11.3 Å². The number of carbonyl (C=O) groups is 2. The second-order valence-electron chi connectivity index (χ2n) is 2.84. The molecule has 0 spiro atoms. The Morgan fingerprint density at radius 1 is 1.73 bits per heavy atom. The van der Waals surface area contributed by atoms with Crippen LogP contribution in [0.1, 0.15) is 27.2 Å². The summed E-state index contributed by atoms with van der Waals surface area (Å²) in [4.78, 5) is 25.6. The SMILES string of the molecule is C=CC(C)NC(=O)c1csc(C(=O)O)n1. The molecule has 1 heterocycles. The Kier molecular flexibility index (Phi) is 3.56. The average Bonchev–Trinajstić information content (AvgIpc) is 2.66. The van der Waals surface area contributed by atoms with Crippen molar-refractivity contribution in [2.45, 2.75) is 13.0 Å². The first-order valence-electron chi connectivity index (χ1n) is 4.17. The predicted molar refractivity (Wildman–Crippen MR) is 56.2 cm³/mol. The van der Waals surface area contributed by atoms with Crippen molar-refractivity contribution < 1.29 is 14.7 Å². The summed E-state index contributed by atoms with van der Waals surface area (Å²) in [5.74, 6) is -1.53. The lowest BCUT2D eigenvalue weighted by Gasteiger charge is -2.06. The van der Waals surface area contributed by atoms with Crippen LogP contribution in [0.5, 0.6) is 0 Å². The number of thiazole rings is 1. The van der Waals surface area contributed by atoms with E-state index in [9.17, 15) is 9.59 Å². The first-order chi connectivity index (χ1) is 7.04. The van der Waals surface area contributed by atoms with Gasteiger partial charge in [0.25, 0.3) is 5.91 Å². The van der Waals surface area contributed by atoms with Crippen LogP contribution >= 0.6 is 11.3 Å². The van der Waals surface area contributed by atoms with Gasteiger partial charge in [-0.15, -0.1) is 17.9 Å². The number of aromatic carboxylic acids is 1. The second-order valence-corrected chi connectivity index (χ2v) is 3.70. The molecule has 0 aliphatic carbocycles. The van der Waals surface area contributed by atoms with Gasteiger partial charge in [-0.05, 0) is 6.92 Å². The van der Waals surface area contributed by atoms with Gasteiger partial charge in [-0.1, -0.05) is 6.08 Å². The molecule has 1 rings (SSSR count). The van der Waals surface area contributed by atoms with Crippen LogP contribution in [0.4, 0.5) is 0 Å².